The number of nitrogens with one attached hydrogen (secondary N) is 1. The molecule has 1 aliphatic heterocycles. The molecule has 0 aliphatic carbocycles. The minimum absolute atomic E-state index is 0.0409. The molecule has 1 fully saturated rings. The minimum atomic E-state index is -0.508. The summed E-state index contributed by atoms with van der Waals surface area (Å²) in [5, 5.41) is 2.41. The van der Waals surface area contributed by atoms with Crippen LogP contribution in [0.2, 0.25) is 0 Å². The molecule has 0 radical (unpaired) electrons. The van der Waals surface area contributed by atoms with Crippen molar-refractivity contribution in [1.82, 2.24) is 10.2 Å². The van der Waals surface area contributed by atoms with E-state index in [4.69, 9.17) is 4.74 Å². The van der Waals surface area contributed by atoms with E-state index < -0.39 is 5.63 Å². The fraction of sp³-hybridized carbons (Fsp3) is 0.318. The summed E-state index contributed by atoms with van der Waals surface area (Å²) in [5.74, 6) is 0.119. The third-order valence-electron chi connectivity index (χ3n) is 5.22. The highest BCUT2D eigenvalue weighted by molar-refractivity contribution is 5.74. The summed E-state index contributed by atoms with van der Waals surface area (Å²) >= 11 is 0. The van der Waals surface area contributed by atoms with Crippen molar-refractivity contribution in [2.75, 3.05) is 19.7 Å². The van der Waals surface area contributed by atoms with Crippen LogP contribution in [0.5, 0.6) is 0 Å². The van der Waals surface area contributed by atoms with Crippen LogP contribution in [0.1, 0.15) is 23.5 Å². The second kappa shape index (κ2) is 8.87. The van der Waals surface area contributed by atoms with Crippen LogP contribution in [0.3, 0.4) is 0 Å². The van der Waals surface area contributed by atoms with Gasteiger partial charge >= 0.3 is 5.63 Å². The van der Waals surface area contributed by atoms with Gasteiger partial charge in [0.1, 0.15) is 0 Å². The third kappa shape index (κ3) is 4.81. The van der Waals surface area contributed by atoms with Crippen molar-refractivity contribution in [3.8, 4) is 0 Å². The highest BCUT2D eigenvalue weighted by Gasteiger charge is 2.29. The molecule has 1 saturated heterocycles. The number of hydrogen-bond acceptors (Lipinski definition) is 4. The van der Waals surface area contributed by atoms with E-state index in [1.54, 1.807) is 4.90 Å². The summed E-state index contributed by atoms with van der Waals surface area (Å²) in [6.45, 7) is 1.61. The predicted octanol–water partition coefficient (Wildman–Crippen LogP) is 1.71. The molecular weight excluding hydrogens is 370 g/mol. The summed E-state index contributed by atoms with van der Waals surface area (Å²) < 4.78 is 12.0. The molecule has 29 heavy (non-hydrogen) atoms. The summed E-state index contributed by atoms with van der Waals surface area (Å²) in [6.07, 6.45) is 1.95. The van der Waals surface area contributed by atoms with Crippen LogP contribution in [0, 0.1) is 0 Å². The molecule has 1 aliphatic rings. The van der Waals surface area contributed by atoms with E-state index in [0.29, 0.717) is 19.7 Å². The van der Waals surface area contributed by atoms with Crippen LogP contribution in [-0.4, -0.2) is 41.9 Å². The van der Waals surface area contributed by atoms with Gasteiger partial charge in [-0.15, -0.1) is 0 Å². The molecule has 1 N–H and O–H groups in total. The van der Waals surface area contributed by atoms with Crippen molar-refractivity contribution in [1.29, 1.82) is 0 Å². The Hall–Kier alpha value is -3.19. The summed E-state index contributed by atoms with van der Waals surface area (Å²) in [6, 6.07) is 20.8. The van der Waals surface area contributed by atoms with Crippen LogP contribution >= 0.6 is 0 Å². The van der Waals surface area contributed by atoms with Gasteiger partial charge in [0.05, 0.1) is 12.7 Å². The standard InChI is InChI=1S/C22H23N3O4/c26-21(15-25-16-22(27)29-23-25)24-11-12-28-19(14-24)13-20(17-7-3-1-4-8-17)18-9-5-2-6-10-18/h1-10,16,19-20H,11-15H2/p+1. The van der Waals surface area contributed by atoms with Crippen LogP contribution < -0.4 is 10.3 Å². The van der Waals surface area contributed by atoms with Gasteiger partial charge in [-0.3, -0.25) is 9.32 Å². The first-order valence-corrected chi connectivity index (χ1v) is 9.76. The van der Waals surface area contributed by atoms with Gasteiger partial charge in [-0.1, -0.05) is 65.3 Å². The van der Waals surface area contributed by atoms with Crippen LogP contribution in [-0.2, 0) is 16.1 Å². The first kappa shape index (κ1) is 19.1. The molecule has 4 rings (SSSR count). The number of carbonyl (C=O) groups excluding carboxylic acids is 1. The number of benzene rings is 2. The summed E-state index contributed by atoms with van der Waals surface area (Å²) in [5.41, 5.74) is 1.96. The topological polar surface area (TPSA) is 79.4 Å². The lowest BCUT2D eigenvalue weighted by molar-refractivity contribution is -0.751. The summed E-state index contributed by atoms with van der Waals surface area (Å²) in [4.78, 5) is 25.6. The SMILES string of the molecule is O=C(C[n+]1cc(=O)o[nH]1)N1CCOC(CC(c2ccccc2)c2ccccc2)C1. The third-order valence-corrected chi connectivity index (χ3v) is 5.22. The van der Waals surface area contributed by atoms with Crippen molar-refractivity contribution >= 4 is 5.91 Å². The Labute approximate surface area is 168 Å². The van der Waals surface area contributed by atoms with Crippen LogP contribution in [0.4, 0.5) is 0 Å². The highest BCUT2D eigenvalue weighted by Crippen LogP contribution is 2.30. The van der Waals surface area contributed by atoms with Crippen molar-refractivity contribution in [2.24, 2.45) is 0 Å². The molecule has 1 atom stereocenters. The Balaban J connectivity index is 1.46. The molecule has 2 aromatic carbocycles. The number of morpholine rings is 1. The Morgan fingerprint density at radius 2 is 1.76 bits per heavy atom. The maximum atomic E-state index is 12.6. The summed E-state index contributed by atoms with van der Waals surface area (Å²) in [7, 11) is 0. The van der Waals surface area contributed by atoms with E-state index in [0.717, 1.165) is 6.42 Å². The zero-order valence-corrected chi connectivity index (χ0v) is 16.1. The first-order chi connectivity index (χ1) is 14.2. The Morgan fingerprint density at radius 1 is 1.10 bits per heavy atom. The van der Waals surface area contributed by atoms with Gasteiger partial charge in [0.25, 0.3) is 18.6 Å². The van der Waals surface area contributed by atoms with E-state index in [-0.39, 0.29) is 24.5 Å². The fourth-order valence-electron chi connectivity index (χ4n) is 3.79. The van der Waals surface area contributed by atoms with E-state index in [1.165, 1.54) is 22.0 Å². The average Bonchev–Trinajstić information content (AvgIpc) is 3.18. The lowest BCUT2D eigenvalue weighted by Gasteiger charge is -2.34. The van der Waals surface area contributed by atoms with Crippen molar-refractivity contribution in [2.45, 2.75) is 25.0 Å². The average molecular weight is 394 g/mol. The maximum absolute atomic E-state index is 12.6. The van der Waals surface area contributed by atoms with E-state index in [2.05, 4.69) is 34.1 Å². The molecule has 0 bridgehead atoms. The Morgan fingerprint density at radius 3 is 2.34 bits per heavy atom. The quantitative estimate of drug-likeness (QED) is 0.646. The van der Waals surface area contributed by atoms with Gasteiger partial charge in [0.2, 0.25) is 0 Å². The zero-order valence-electron chi connectivity index (χ0n) is 16.1. The molecular formula is C22H24N3O4+. The predicted molar refractivity (Wildman–Crippen MR) is 105 cm³/mol. The Kier molecular flexibility index (Phi) is 5.86. The zero-order chi connectivity index (χ0) is 20.1. The lowest BCUT2D eigenvalue weighted by atomic mass is 9.86. The minimum Gasteiger partial charge on any atom is -0.375 e. The first-order valence-electron chi connectivity index (χ1n) is 9.76. The van der Waals surface area contributed by atoms with Gasteiger partial charge in [0, 0.05) is 19.0 Å². The number of ether oxygens (including phenoxy) is 1. The molecule has 7 heteroatoms. The fourth-order valence-corrected chi connectivity index (χ4v) is 3.79. The molecule has 0 saturated carbocycles. The van der Waals surface area contributed by atoms with E-state index >= 15 is 0 Å². The van der Waals surface area contributed by atoms with E-state index in [1.807, 2.05) is 36.4 Å². The molecule has 2 heterocycles. The highest BCUT2D eigenvalue weighted by atomic mass is 16.5. The number of hydrogen-bond donors (Lipinski definition) is 1. The normalized spacial score (nSPS) is 16.9. The number of carbonyl (C=O) groups is 1. The molecule has 1 unspecified atom stereocenters. The van der Waals surface area contributed by atoms with Gasteiger partial charge < -0.3 is 9.64 Å². The number of nitrogens with zero attached hydrogens (tertiary/aromatic N) is 2. The number of aromatic amines is 1. The van der Waals surface area contributed by atoms with Crippen molar-refractivity contribution in [3.63, 3.8) is 0 Å². The number of amides is 1. The van der Waals surface area contributed by atoms with Gasteiger partial charge in [-0.05, 0) is 22.8 Å². The molecule has 1 amide bonds. The number of rotatable bonds is 6. The van der Waals surface area contributed by atoms with E-state index in [9.17, 15) is 9.59 Å². The number of H-pyrrole nitrogens is 1. The molecule has 7 nitrogen and oxygen atoms in total. The monoisotopic (exact) mass is 394 g/mol. The molecule has 3 aromatic rings. The Bertz CT molecular complexity index is 944. The smallest absolute Gasteiger partial charge is 0.375 e. The molecule has 150 valence electrons. The van der Waals surface area contributed by atoms with Crippen LogP contribution in [0.25, 0.3) is 0 Å². The molecule has 0 spiro atoms. The van der Waals surface area contributed by atoms with Crippen LogP contribution in [0.15, 0.2) is 76.2 Å². The maximum Gasteiger partial charge on any atom is 0.426 e. The largest absolute Gasteiger partial charge is 0.426 e. The van der Waals surface area contributed by atoms with Gasteiger partial charge in [-0.2, -0.15) is 0 Å². The van der Waals surface area contributed by atoms with Crippen molar-refractivity contribution < 1.29 is 18.7 Å². The van der Waals surface area contributed by atoms with Gasteiger partial charge in [0.15, 0.2) is 0 Å². The lowest BCUT2D eigenvalue weighted by Crippen LogP contribution is -2.51. The second-order valence-electron chi connectivity index (χ2n) is 7.21. The molecule has 1 aromatic heterocycles. The van der Waals surface area contributed by atoms with Gasteiger partial charge in [-0.25, -0.2) is 4.79 Å². The number of aromatic nitrogens is 2. The van der Waals surface area contributed by atoms with Crippen molar-refractivity contribution in [3.05, 3.63) is 88.4 Å². The second-order valence-corrected chi connectivity index (χ2v) is 7.21.